The number of benzene rings is 1. The van der Waals surface area contributed by atoms with Gasteiger partial charge in [0.25, 0.3) is 5.91 Å². The summed E-state index contributed by atoms with van der Waals surface area (Å²) in [5.74, 6) is -0.261. The fourth-order valence-corrected chi connectivity index (χ4v) is 3.17. The molecule has 1 aromatic rings. The highest BCUT2D eigenvalue weighted by Gasteiger charge is 2.30. The van der Waals surface area contributed by atoms with Crippen molar-refractivity contribution in [2.75, 3.05) is 26.2 Å². The lowest BCUT2D eigenvalue weighted by atomic mass is 10.1. The van der Waals surface area contributed by atoms with E-state index in [-0.39, 0.29) is 11.7 Å². The van der Waals surface area contributed by atoms with Crippen LogP contribution in [0.3, 0.4) is 0 Å². The number of rotatable bonds is 1. The Morgan fingerprint density at radius 3 is 2.63 bits per heavy atom. The van der Waals surface area contributed by atoms with Crippen molar-refractivity contribution in [2.45, 2.75) is 25.3 Å². The van der Waals surface area contributed by atoms with Gasteiger partial charge in [-0.05, 0) is 50.1 Å². The Balaban J connectivity index is 1.73. The summed E-state index contributed by atoms with van der Waals surface area (Å²) in [6.45, 7) is 3.89. The van der Waals surface area contributed by atoms with Crippen LogP contribution in [0.5, 0.6) is 0 Å². The second kappa shape index (κ2) is 5.29. The van der Waals surface area contributed by atoms with Crippen LogP contribution in [0.25, 0.3) is 0 Å². The van der Waals surface area contributed by atoms with Crippen LogP contribution in [0.4, 0.5) is 4.39 Å². The second-order valence-electron chi connectivity index (χ2n) is 5.44. The largest absolute Gasteiger partial charge is 0.337 e. The zero-order valence-corrected chi connectivity index (χ0v) is 11.0. The molecule has 0 bridgehead atoms. The first-order valence-electron chi connectivity index (χ1n) is 7.03. The number of carbonyl (C=O) groups excluding carboxylic acids is 1. The van der Waals surface area contributed by atoms with Crippen LogP contribution in [0.15, 0.2) is 24.3 Å². The first kappa shape index (κ1) is 12.6. The smallest absolute Gasteiger partial charge is 0.253 e. The number of carbonyl (C=O) groups is 1. The Kier molecular flexibility index (Phi) is 3.51. The molecule has 0 aromatic heterocycles. The van der Waals surface area contributed by atoms with Gasteiger partial charge in [-0.3, -0.25) is 9.69 Å². The fourth-order valence-electron chi connectivity index (χ4n) is 3.17. The van der Waals surface area contributed by atoms with Crippen LogP contribution < -0.4 is 0 Å². The first-order valence-corrected chi connectivity index (χ1v) is 7.03. The Bertz CT molecular complexity index is 460. The number of fused-ring (bicyclic) bond motifs is 1. The summed E-state index contributed by atoms with van der Waals surface area (Å²) in [5.41, 5.74) is 0.591. The molecule has 2 saturated heterocycles. The molecule has 2 fully saturated rings. The van der Waals surface area contributed by atoms with E-state index >= 15 is 0 Å². The molecule has 0 aliphatic carbocycles. The van der Waals surface area contributed by atoms with Gasteiger partial charge < -0.3 is 4.90 Å². The molecule has 2 heterocycles. The van der Waals surface area contributed by atoms with E-state index in [1.54, 1.807) is 12.1 Å². The van der Waals surface area contributed by atoms with Gasteiger partial charge in [0, 0.05) is 31.2 Å². The van der Waals surface area contributed by atoms with E-state index in [9.17, 15) is 9.18 Å². The average molecular weight is 262 g/mol. The molecular weight excluding hydrogens is 243 g/mol. The second-order valence-corrected chi connectivity index (χ2v) is 5.44. The monoisotopic (exact) mass is 262 g/mol. The van der Waals surface area contributed by atoms with E-state index in [4.69, 9.17) is 0 Å². The van der Waals surface area contributed by atoms with Crippen LogP contribution in [-0.4, -0.2) is 47.9 Å². The Morgan fingerprint density at radius 2 is 1.84 bits per heavy atom. The molecule has 4 heteroatoms. The molecule has 102 valence electrons. The van der Waals surface area contributed by atoms with Crippen molar-refractivity contribution in [1.82, 2.24) is 9.80 Å². The normalized spacial score (nSPS) is 24.1. The maximum atomic E-state index is 12.9. The van der Waals surface area contributed by atoms with E-state index in [0.717, 1.165) is 26.1 Å². The van der Waals surface area contributed by atoms with Gasteiger partial charge in [-0.15, -0.1) is 0 Å². The van der Waals surface area contributed by atoms with Crippen molar-refractivity contribution in [3.8, 4) is 0 Å². The summed E-state index contributed by atoms with van der Waals surface area (Å²) in [6.07, 6.45) is 3.46. The first-order chi connectivity index (χ1) is 9.24. The zero-order valence-electron chi connectivity index (χ0n) is 11.0. The minimum atomic E-state index is -0.297. The van der Waals surface area contributed by atoms with Gasteiger partial charge in [-0.25, -0.2) is 4.39 Å². The third-order valence-electron chi connectivity index (χ3n) is 4.18. The van der Waals surface area contributed by atoms with Crippen LogP contribution in [0.2, 0.25) is 0 Å². The quantitative estimate of drug-likeness (QED) is 0.774. The van der Waals surface area contributed by atoms with Crippen molar-refractivity contribution < 1.29 is 9.18 Å². The highest BCUT2D eigenvalue weighted by Crippen LogP contribution is 2.22. The van der Waals surface area contributed by atoms with Crippen LogP contribution in [0, 0.1) is 5.82 Å². The lowest BCUT2D eigenvalue weighted by Gasteiger charge is -2.25. The van der Waals surface area contributed by atoms with Crippen LogP contribution in [-0.2, 0) is 0 Å². The maximum absolute atomic E-state index is 12.9. The molecule has 0 radical (unpaired) electrons. The molecule has 1 aromatic carbocycles. The van der Waals surface area contributed by atoms with Gasteiger partial charge in [0.1, 0.15) is 5.82 Å². The van der Waals surface area contributed by atoms with E-state index < -0.39 is 0 Å². The third-order valence-corrected chi connectivity index (χ3v) is 4.18. The van der Waals surface area contributed by atoms with Crippen molar-refractivity contribution in [3.63, 3.8) is 0 Å². The standard InChI is InChI=1S/C15H19FN2O/c16-13-6-4-12(5-7-13)15(19)18-10-2-9-17-8-1-3-14(17)11-18/h4-7,14H,1-3,8-11H2/t14-/m0/s1. The van der Waals surface area contributed by atoms with Crippen LogP contribution in [0.1, 0.15) is 29.6 Å². The molecule has 0 spiro atoms. The molecule has 1 atom stereocenters. The molecule has 19 heavy (non-hydrogen) atoms. The van der Waals surface area contributed by atoms with Crippen molar-refractivity contribution in [3.05, 3.63) is 35.6 Å². The van der Waals surface area contributed by atoms with Crippen LogP contribution >= 0.6 is 0 Å². The molecular formula is C15H19FN2O. The molecule has 3 rings (SSSR count). The van der Waals surface area contributed by atoms with Gasteiger partial charge in [-0.2, -0.15) is 0 Å². The molecule has 0 unspecified atom stereocenters. The SMILES string of the molecule is O=C(c1ccc(F)cc1)N1CCCN2CCC[C@H]2C1. The number of halogens is 1. The molecule has 0 saturated carbocycles. The Labute approximate surface area is 113 Å². The summed E-state index contributed by atoms with van der Waals surface area (Å²) in [4.78, 5) is 16.9. The minimum absolute atomic E-state index is 0.0359. The highest BCUT2D eigenvalue weighted by atomic mass is 19.1. The summed E-state index contributed by atoms with van der Waals surface area (Å²) in [7, 11) is 0. The van der Waals surface area contributed by atoms with Crippen molar-refractivity contribution in [2.24, 2.45) is 0 Å². The van der Waals surface area contributed by atoms with E-state index in [0.29, 0.717) is 11.6 Å². The average Bonchev–Trinajstić information content (AvgIpc) is 2.76. The topological polar surface area (TPSA) is 23.6 Å². The number of hydrogen-bond acceptors (Lipinski definition) is 2. The minimum Gasteiger partial charge on any atom is -0.337 e. The van der Waals surface area contributed by atoms with E-state index in [2.05, 4.69) is 4.90 Å². The molecule has 0 N–H and O–H groups in total. The van der Waals surface area contributed by atoms with E-state index in [1.807, 2.05) is 4.90 Å². The molecule has 1 amide bonds. The molecule has 2 aliphatic heterocycles. The van der Waals surface area contributed by atoms with Gasteiger partial charge in [0.05, 0.1) is 0 Å². The Morgan fingerprint density at radius 1 is 1.11 bits per heavy atom. The van der Waals surface area contributed by atoms with E-state index in [1.165, 1.54) is 31.5 Å². The number of amides is 1. The molecule has 2 aliphatic rings. The summed E-state index contributed by atoms with van der Waals surface area (Å²) >= 11 is 0. The number of hydrogen-bond donors (Lipinski definition) is 0. The van der Waals surface area contributed by atoms with Gasteiger partial charge in [-0.1, -0.05) is 0 Å². The fraction of sp³-hybridized carbons (Fsp3) is 0.533. The van der Waals surface area contributed by atoms with Gasteiger partial charge in [0.2, 0.25) is 0 Å². The summed E-state index contributed by atoms with van der Waals surface area (Å²) in [5, 5.41) is 0. The predicted molar refractivity (Wildman–Crippen MR) is 71.5 cm³/mol. The Hall–Kier alpha value is -1.42. The van der Waals surface area contributed by atoms with Crippen molar-refractivity contribution in [1.29, 1.82) is 0 Å². The maximum Gasteiger partial charge on any atom is 0.253 e. The third kappa shape index (κ3) is 2.63. The summed E-state index contributed by atoms with van der Waals surface area (Å²) < 4.78 is 12.9. The predicted octanol–water partition coefficient (Wildman–Crippen LogP) is 2.14. The summed E-state index contributed by atoms with van der Waals surface area (Å²) in [6, 6.07) is 6.39. The number of nitrogens with zero attached hydrogens (tertiary/aromatic N) is 2. The molecule has 3 nitrogen and oxygen atoms in total. The zero-order chi connectivity index (χ0) is 13.2. The van der Waals surface area contributed by atoms with Gasteiger partial charge in [0.15, 0.2) is 0 Å². The lowest BCUT2D eigenvalue weighted by molar-refractivity contribution is 0.0743. The highest BCUT2D eigenvalue weighted by molar-refractivity contribution is 5.94. The lowest BCUT2D eigenvalue weighted by Crippen LogP contribution is -2.39. The van der Waals surface area contributed by atoms with Gasteiger partial charge >= 0.3 is 0 Å². The van der Waals surface area contributed by atoms with Crippen molar-refractivity contribution >= 4 is 5.91 Å².